The third-order valence-electron chi connectivity index (χ3n) is 21.2. The number of carbonyl (C=O) groups excluding carboxylic acids is 5. The van der Waals surface area contributed by atoms with E-state index in [2.05, 4.69) is 112 Å². The van der Waals surface area contributed by atoms with Crippen molar-refractivity contribution in [2.24, 2.45) is 0 Å². The molecule has 0 spiro atoms. The minimum Gasteiger partial charge on any atom is -0.508 e. The average Bonchev–Trinajstić information content (AvgIpc) is 1.81. The summed E-state index contributed by atoms with van der Waals surface area (Å²) in [5.74, 6) is 5.31. The molecule has 5 amide bonds. The number of piperidine rings is 5. The van der Waals surface area contributed by atoms with Crippen molar-refractivity contribution in [1.29, 1.82) is 0 Å². The summed E-state index contributed by atoms with van der Waals surface area (Å²) in [7, 11) is 3.45. The number of carbonyl (C=O) groups is 5. The molecule has 0 bridgehead atoms. The fourth-order valence-electron chi connectivity index (χ4n) is 15.4. The molecule has 0 radical (unpaired) electrons. The average molecular weight is 1690 g/mol. The van der Waals surface area contributed by atoms with Crippen molar-refractivity contribution in [3.8, 4) is 28.7 Å². The summed E-state index contributed by atoms with van der Waals surface area (Å²) in [6, 6.07) is 39.6. The number of anilines is 5. The van der Waals surface area contributed by atoms with Crippen molar-refractivity contribution in [3.63, 3.8) is 0 Å². The van der Waals surface area contributed by atoms with Crippen LogP contribution >= 0.6 is 56.7 Å². The highest BCUT2D eigenvalue weighted by atomic mass is 32.1. The Hall–Kier alpha value is -9.60. The van der Waals surface area contributed by atoms with Crippen molar-refractivity contribution in [3.05, 3.63) is 205 Å². The lowest BCUT2D eigenvalue weighted by Gasteiger charge is -2.32. The first kappa shape index (κ1) is 88.2. The molecule has 5 aromatic carbocycles. The molecule has 0 atom stereocenters. The highest BCUT2D eigenvalue weighted by Crippen LogP contribution is 2.39. The number of para-hydroxylation sites is 2. The molecular weight excluding hydrogens is 1580 g/mol. The van der Waals surface area contributed by atoms with Crippen LogP contribution in [0.2, 0.25) is 0 Å². The third-order valence-corrected chi connectivity index (χ3v) is 25.7. The maximum Gasteiger partial charge on any atom is 0.223 e. The van der Waals surface area contributed by atoms with E-state index in [4.69, 9.17) is 9.47 Å². The quantitative estimate of drug-likeness (QED) is 0.0313. The Morgan fingerprint density at radius 1 is 0.342 bits per heavy atom. The first-order valence-electron chi connectivity index (χ1n) is 40.0. The van der Waals surface area contributed by atoms with Gasteiger partial charge in [0, 0.05) is 123 Å². The lowest BCUT2D eigenvalue weighted by molar-refractivity contribution is -0.115. The number of phenolic OH excluding ortho intramolecular Hbond substituents is 3. The van der Waals surface area contributed by atoms with E-state index >= 15 is 0 Å². The van der Waals surface area contributed by atoms with Gasteiger partial charge in [-0.2, -0.15) is 0 Å². The van der Waals surface area contributed by atoms with Gasteiger partial charge in [0.15, 0.2) is 25.7 Å². The Morgan fingerprint density at radius 3 is 0.983 bits per heavy atom. The number of rotatable bonds is 22. The number of ether oxygens (including phenoxy) is 2. The van der Waals surface area contributed by atoms with Crippen molar-refractivity contribution >= 4 is 112 Å². The zero-order valence-corrected chi connectivity index (χ0v) is 71.8. The molecule has 25 nitrogen and oxygen atoms in total. The maximum atomic E-state index is 11.1. The molecule has 30 heteroatoms. The van der Waals surface area contributed by atoms with E-state index < -0.39 is 0 Å². The lowest BCUT2D eigenvalue weighted by Crippen LogP contribution is -2.32. The minimum atomic E-state index is -0.0885. The molecule has 8 N–H and O–H groups in total. The number of likely N-dealkylation sites (tertiary alicyclic amines) is 5. The molecule has 5 aliphatic rings. The highest BCUT2D eigenvalue weighted by molar-refractivity contribution is 7.17. The maximum absolute atomic E-state index is 11.1. The van der Waals surface area contributed by atoms with Crippen LogP contribution in [-0.2, 0) is 56.7 Å². The van der Waals surface area contributed by atoms with Gasteiger partial charge in [-0.3, -0.25) is 48.5 Å². The van der Waals surface area contributed by atoms with Gasteiger partial charge in [0.25, 0.3) is 0 Å². The van der Waals surface area contributed by atoms with Gasteiger partial charge in [-0.1, -0.05) is 72.8 Å². The van der Waals surface area contributed by atoms with Gasteiger partial charge >= 0.3 is 0 Å². The Morgan fingerprint density at radius 2 is 0.650 bits per heavy atom. The number of benzene rings is 5. The van der Waals surface area contributed by atoms with E-state index in [0.717, 1.165) is 184 Å². The van der Waals surface area contributed by atoms with Crippen LogP contribution in [0.5, 0.6) is 28.7 Å². The van der Waals surface area contributed by atoms with Gasteiger partial charge in [0.2, 0.25) is 29.5 Å². The number of hydrogen-bond donors (Lipinski definition) is 8. The van der Waals surface area contributed by atoms with Crippen molar-refractivity contribution < 1.29 is 48.8 Å². The minimum absolute atomic E-state index is 0.0741. The van der Waals surface area contributed by atoms with E-state index in [1.807, 2.05) is 91.6 Å². The molecule has 10 aromatic rings. The summed E-state index contributed by atoms with van der Waals surface area (Å²) in [4.78, 5) is 94.5. The summed E-state index contributed by atoms with van der Waals surface area (Å²) in [6.07, 6.45) is 20.4. The summed E-state index contributed by atoms with van der Waals surface area (Å²) >= 11 is 7.72. The molecule has 117 heavy (non-hydrogen) atoms. The van der Waals surface area contributed by atoms with Crippen molar-refractivity contribution in [2.75, 3.05) is 106 Å². The van der Waals surface area contributed by atoms with E-state index in [9.17, 15) is 39.3 Å². The van der Waals surface area contributed by atoms with Crippen LogP contribution in [0.3, 0.4) is 0 Å². The second kappa shape index (κ2) is 44.8. The molecule has 10 heterocycles. The molecule has 5 aromatic heterocycles. The number of phenols is 3. The number of hydrogen-bond acceptors (Lipinski definition) is 25. The summed E-state index contributed by atoms with van der Waals surface area (Å²) in [5.41, 5.74) is 6.31. The lowest BCUT2D eigenvalue weighted by atomic mass is 9.89. The number of nitrogens with zero attached hydrogens (tertiary/aromatic N) is 10. The largest absolute Gasteiger partial charge is 0.508 e. The fourth-order valence-corrected chi connectivity index (χ4v) is 19.9. The SMILES string of the molecule is CC(=O)Nc1ncc(CN2CCC(c3ccc(O)cc3)CC2)s1.CC(=O)Nc1ncc(CN2CCC(c3cccc(O)c3)CC2)s1.CC(=O)Nc1ncc(CN2CCC(c3ccccc3O)CC2)s1.COc1cccc(C2CCN(Cc3cnc(NC(C)=O)s3)CC2)c1.COc1ccccc1C1CCN(Cc2cnc(NC(C)=O)s2)CC1. The number of aromatic hydroxyl groups is 3. The van der Waals surface area contributed by atoms with Gasteiger partial charge in [0.05, 0.1) is 14.2 Å². The predicted octanol–water partition coefficient (Wildman–Crippen LogP) is 16.5. The molecule has 622 valence electrons. The Bertz CT molecular complexity index is 4780. The zero-order valence-electron chi connectivity index (χ0n) is 67.7. The molecule has 5 fully saturated rings. The van der Waals surface area contributed by atoms with Gasteiger partial charge in [0.1, 0.15) is 28.7 Å². The Kier molecular flexibility index (Phi) is 33.8. The molecular formula is C87H109N15O10S5. The van der Waals surface area contributed by atoms with Crippen LogP contribution in [0.25, 0.3) is 0 Å². The summed E-state index contributed by atoms with van der Waals surface area (Å²) < 4.78 is 10.8. The predicted molar refractivity (Wildman–Crippen MR) is 469 cm³/mol. The van der Waals surface area contributed by atoms with Crippen LogP contribution < -0.4 is 36.1 Å². The van der Waals surface area contributed by atoms with E-state index in [1.54, 1.807) is 72.5 Å². The van der Waals surface area contributed by atoms with E-state index in [0.29, 0.717) is 72.5 Å². The summed E-state index contributed by atoms with van der Waals surface area (Å²) in [6.45, 7) is 22.4. The number of methoxy groups -OCH3 is 2. The van der Waals surface area contributed by atoms with Crippen LogP contribution in [-0.4, -0.2) is 174 Å². The monoisotopic (exact) mass is 1680 g/mol. The second-order valence-corrected chi connectivity index (χ2v) is 35.7. The van der Waals surface area contributed by atoms with Crippen LogP contribution in [0.15, 0.2) is 152 Å². The number of thiazole rings is 5. The first-order valence-corrected chi connectivity index (χ1v) is 44.0. The topological polar surface area (TPSA) is 305 Å². The molecule has 5 saturated heterocycles. The normalized spacial score (nSPS) is 16.3. The number of nitrogens with one attached hydrogen (secondary N) is 5. The van der Waals surface area contributed by atoms with Gasteiger partial charge in [-0.05, 0) is 236 Å². The Balaban J connectivity index is 0.000000144. The van der Waals surface area contributed by atoms with Gasteiger partial charge in [-0.15, -0.1) is 56.7 Å². The van der Waals surface area contributed by atoms with Gasteiger partial charge in [-0.25, -0.2) is 24.9 Å². The fraction of sp³-hybridized carbons (Fsp3) is 0.425. The number of aromatic nitrogens is 5. The van der Waals surface area contributed by atoms with E-state index in [-0.39, 0.29) is 29.5 Å². The Labute approximate surface area is 706 Å². The zero-order chi connectivity index (χ0) is 82.6. The molecule has 0 unspecified atom stereocenters. The van der Waals surface area contributed by atoms with Gasteiger partial charge < -0.3 is 51.4 Å². The molecule has 15 rings (SSSR count). The standard InChI is InChI=1S/2C18H23N3O2S.3C17H21N3O2S/c1-13(22)20-18-19-11-17(24-18)12-21-8-6-14(7-9-21)15-4-3-5-16(10-15)23-2;1-13(22)20-18-19-11-15(24-18)12-21-9-7-14(8-10-21)16-5-3-4-6-17(16)23-2;1-12(21)19-17-18-10-16(23-17)11-20-8-6-14(7-9-20)13-2-4-15(22)5-3-13;1-12(21)19-17-18-10-16(23-17)11-20-7-5-13(6-8-20)14-3-2-4-15(22)9-14;1-12(21)19-17-18-10-14(23-17)11-20-8-6-13(7-9-20)15-4-2-3-5-16(15)22/h3-5,10-11,14H,6-9,12H2,1-2H3,(H,19,20,22);3-6,11,14H,7-10,12H2,1-2H3,(H,19,20,22);2-5,10,14,22H,6-9,11H2,1H3,(H,18,19,21);2-4,9-10,13,22H,5-8,11H2,1H3,(H,18,19,21);2-5,10,13,22H,6-9,11H2,1H3,(H,18,19,21). The van der Waals surface area contributed by atoms with E-state index in [1.165, 1.54) is 99.1 Å². The van der Waals surface area contributed by atoms with Crippen molar-refractivity contribution in [1.82, 2.24) is 49.4 Å². The third kappa shape index (κ3) is 28.6. The molecule has 0 aliphatic carbocycles. The van der Waals surface area contributed by atoms with Crippen LogP contribution in [0.1, 0.15) is 181 Å². The molecule has 5 aliphatic heterocycles. The van der Waals surface area contributed by atoms with Crippen LogP contribution in [0, 0.1) is 0 Å². The van der Waals surface area contributed by atoms with Crippen molar-refractivity contribution in [2.45, 2.75) is 161 Å². The highest BCUT2D eigenvalue weighted by Gasteiger charge is 2.28. The second-order valence-electron chi connectivity index (χ2n) is 30.1. The van der Waals surface area contributed by atoms with Crippen LogP contribution in [0.4, 0.5) is 25.7 Å². The number of amides is 5. The first-order chi connectivity index (χ1) is 56.6. The smallest absolute Gasteiger partial charge is 0.223 e. The summed E-state index contributed by atoms with van der Waals surface area (Å²) in [5, 5.41) is 46.0. The molecule has 0 saturated carbocycles.